The Morgan fingerprint density at radius 3 is 2.80 bits per heavy atom. The molecule has 25 heavy (non-hydrogen) atoms. The van der Waals surface area contributed by atoms with Crippen LogP contribution in [0.1, 0.15) is 10.6 Å². The second-order valence-electron chi connectivity index (χ2n) is 4.92. The largest absolute Gasteiger partial charge is 0.493 e. The van der Waals surface area contributed by atoms with E-state index in [0.29, 0.717) is 23.1 Å². The fourth-order valence-electron chi connectivity index (χ4n) is 2.10. The fourth-order valence-corrected chi connectivity index (χ4v) is 2.89. The van der Waals surface area contributed by atoms with Crippen molar-refractivity contribution in [3.8, 4) is 11.5 Å². The molecule has 0 aliphatic heterocycles. The number of hydrogen-bond donors (Lipinski definition) is 1. The van der Waals surface area contributed by atoms with Gasteiger partial charge in [-0.15, -0.1) is 15.3 Å². The number of nitrogens with one attached hydrogen (secondary N) is 1. The third-order valence-electron chi connectivity index (χ3n) is 3.21. The molecule has 0 radical (unpaired) electrons. The van der Waals surface area contributed by atoms with E-state index in [0.717, 1.165) is 10.6 Å². The van der Waals surface area contributed by atoms with Crippen molar-refractivity contribution < 1.29 is 14.3 Å². The molecular weight excluding hydrogens is 346 g/mol. The van der Waals surface area contributed by atoms with Crippen LogP contribution in [-0.2, 0) is 17.8 Å². The van der Waals surface area contributed by atoms with E-state index in [9.17, 15) is 4.79 Å². The van der Waals surface area contributed by atoms with E-state index >= 15 is 0 Å². The molecule has 0 aliphatic carbocycles. The molecule has 1 amide bonds. The van der Waals surface area contributed by atoms with Gasteiger partial charge >= 0.3 is 0 Å². The number of anilines is 1. The summed E-state index contributed by atoms with van der Waals surface area (Å²) >= 11 is 1.30. The van der Waals surface area contributed by atoms with Gasteiger partial charge in [0, 0.05) is 6.42 Å². The highest BCUT2D eigenvalue weighted by atomic mass is 32.1. The lowest BCUT2D eigenvalue weighted by atomic mass is 10.1. The number of nitrogens with zero attached hydrogens (tertiary/aromatic N) is 6. The molecule has 0 spiro atoms. The number of methoxy groups -OCH3 is 2. The van der Waals surface area contributed by atoms with Crippen molar-refractivity contribution in [3.05, 3.63) is 35.1 Å². The molecule has 2 aromatic heterocycles. The molecule has 0 saturated carbocycles. The zero-order valence-electron chi connectivity index (χ0n) is 13.5. The number of rotatable bonds is 7. The number of carbonyl (C=O) groups excluding carboxylic acids is 1. The van der Waals surface area contributed by atoms with Crippen LogP contribution in [0.2, 0.25) is 0 Å². The van der Waals surface area contributed by atoms with Crippen LogP contribution < -0.4 is 14.8 Å². The molecule has 2 heterocycles. The maximum atomic E-state index is 11.9. The summed E-state index contributed by atoms with van der Waals surface area (Å²) in [6.07, 6.45) is 1.93. The number of carbonyl (C=O) groups is 1. The van der Waals surface area contributed by atoms with Gasteiger partial charge in [0.25, 0.3) is 0 Å². The Balaban J connectivity index is 1.62. The summed E-state index contributed by atoms with van der Waals surface area (Å²) in [5.74, 6) is 1.04. The van der Waals surface area contributed by atoms with Crippen molar-refractivity contribution in [3.63, 3.8) is 0 Å². The highest BCUT2D eigenvalue weighted by molar-refractivity contribution is 7.15. The minimum Gasteiger partial charge on any atom is -0.493 e. The number of amides is 1. The first-order valence-electron chi connectivity index (χ1n) is 7.22. The standard InChI is InChI=1S/C14H15N7O3S/c1-23-10-4-3-9(5-11(10)24-2)6-13-17-18-14(25-13)16-12(22)7-21-8-15-19-20-21/h3-5,8H,6-7H2,1-2H3,(H,16,18,22). The first kappa shape index (κ1) is 16.8. The average molecular weight is 361 g/mol. The van der Waals surface area contributed by atoms with Gasteiger partial charge in [0.1, 0.15) is 17.9 Å². The summed E-state index contributed by atoms with van der Waals surface area (Å²) in [6, 6.07) is 5.65. The Morgan fingerprint density at radius 1 is 1.24 bits per heavy atom. The van der Waals surface area contributed by atoms with E-state index in [4.69, 9.17) is 9.47 Å². The molecule has 0 aliphatic rings. The Labute approximate surface area is 146 Å². The van der Waals surface area contributed by atoms with Crippen molar-refractivity contribution in [2.45, 2.75) is 13.0 Å². The molecule has 1 N–H and O–H groups in total. The van der Waals surface area contributed by atoms with Crippen LogP contribution in [0.25, 0.3) is 0 Å². The van der Waals surface area contributed by atoms with Gasteiger partial charge in [0.05, 0.1) is 14.2 Å². The van der Waals surface area contributed by atoms with E-state index < -0.39 is 0 Å². The van der Waals surface area contributed by atoms with Crippen LogP contribution in [0, 0.1) is 0 Å². The topological polar surface area (TPSA) is 117 Å². The molecule has 10 nitrogen and oxygen atoms in total. The molecule has 130 valence electrons. The summed E-state index contributed by atoms with van der Waals surface area (Å²) in [5.41, 5.74) is 1.00. The first-order valence-corrected chi connectivity index (χ1v) is 8.03. The van der Waals surface area contributed by atoms with Crippen LogP contribution in [0.3, 0.4) is 0 Å². The summed E-state index contributed by atoms with van der Waals surface area (Å²) in [5, 5.41) is 22.5. The van der Waals surface area contributed by atoms with Crippen molar-refractivity contribution >= 4 is 22.4 Å². The highest BCUT2D eigenvalue weighted by Gasteiger charge is 2.11. The van der Waals surface area contributed by atoms with Crippen molar-refractivity contribution in [2.24, 2.45) is 0 Å². The summed E-state index contributed by atoms with van der Waals surface area (Å²) in [4.78, 5) is 11.9. The number of tetrazole rings is 1. The lowest BCUT2D eigenvalue weighted by molar-refractivity contribution is -0.116. The quantitative estimate of drug-likeness (QED) is 0.656. The monoisotopic (exact) mass is 361 g/mol. The zero-order valence-corrected chi connectivity index (χ0v) is 14.4. The molecule has 0 saturated heterocycles. The number of benzene rings is 1. The van der Waals surface area contributed by atoms with Gasteiger partial charge in [-0.05, 0) is 28.1 Å². The molecule has 3 rings (SSSR count). The van der Waals surface area contributed by atoms with Gasteiger partial charge in [-0.3, -0.25) is 10.1 Å². The molecule has 0 unspecified atom stereocenters. The summed E-state index contributed by atoms with van der Waals surface area (Å²) < 4.78 is 11.8. The Kier molecular flexibility index (Phi) is 5.14. The first-order chi connectivity index (χ1) is 12.2. The van der Waals surface area contributed by atoms with Crippen LogP contribution in [-0.4, -0.2) is 50.5 Å². The van der Waals surface area contributed by atoms with Gasteiger partial charge in [-0.25, -0.2) is 4.68 Å². The molecule has 0 fully saturated rings. The van der Waals surface area contributed by atoms with Crippen LogP contribution in [0.5, 0.6) is 11.5 Å². The van der Waals surface area contributed by atoms with Gasteiger partial charge in [-0.2, -0.15) is 0 Å². The smallest absolute Gasteiger partial charge is 0.248 e. The minimum absolute atomic E-state index is 0.0115. The highest BCUT2D eigenvalue weighted by Crippen LogP contribution is 2.29. The van der Waals surface area contributed by atoms with Crippen LogP contribution >= 0.6 is 11.3 Å². The van der Waals surface area contributed by atoms with Crippen molar-refractivity contribution in [1.29, 1.82) is 0 Å². The number of hydrogen-bond acceptors (Lipinski definition) is 9. The normalized spacial score (nSPS) is 10.5. The molecular formula is C14H15N7O3S. The minimum atomic E-state index is -0.277. The predicted octanol–water partition coefficient (Wildman–Crippen LogP) is 0.771. The van der Waals surface area contributed by atoms with Crippen molar-refractivity contribution in [1.82, 2.24) is 30.4 Å². The van der Waals surface area contributed by atoms with Crippen LogP contribution in [0.15, 0.2) is 24.5 Å². The molecule has 1 aromatic carbocycles. The Morgan fingerprint density at radius 2 is 2.08 bits per heavy atom. The second-order valence-corrected chi connectivity index (χ2v) is 5.98. The molecule has 0 bridgehead atoms. The van der Waals surface area contributed by atoms with E-state index in [2.05, 4.69) is 31.0 Å². The third kappa shape index (κ3) is 4.26. The number of aromatic nitrogens is 6. The third-order valence-corrected chi connectivity index (χ3v) is 4.05. The van der Waals surface area contributed by atoms with Gasteiger partial charge in [0.2, 0.25) is 11.0 Å². The van der Waals surface area contributed by atoms with Crippen molar-refractivity contribution in [2.75, 3.05) is 19.5 Å². The molecule has 0 atom stereocenters. The van der Waals surface area contributed by atoms with Crippen LogP contribution in [0.4, 0.5) is 5.13 Å². The molecule has 11 heteroatoms. The molecule has 3 aromatic rings. The second kappa shape index (κ2) is 7.66. The summed E-state index contributed by atoms with van der Waals surface area (Å²) in [6.45, 7) is 0.0115. The lowest BCUT2D eigenvalue weighted by Gasteiger charge is -2.08. The van der Waals surface area contributed by atoms with E-state index in [-0.39, 0.29) is 12.5 Å². The van der Waals surface area contributed by atoms with E-state index in [1.54, 1.807) is 14.2 Å². The Hall–Kier alpha value is -3.08. The average Bonchev–Trinajstić information content (AvgIpc) is 3.27. The fraction of sp³-hybridized carbons (Fsp3) is 0.286. The van der Waals surface area contributed by atoms with E-state index in [1.165, 1.54) is 22.3 Å². The van der Waals surface area contributed by atoms with Gasteiger partial charge in [0.15, 0.2) is 11.5 Å². The van der Waals surface area contributed by atoms with Gasteiger partial charge < -0.3 is 9.47 Å². The van der Waals surface area contributed by atoms with Gasteiger partial charge in [-0.1, -0.05) is 17.4 Å². The SMILES string of the molecule is COc1ccc(Cc2nnc(NC(=O)Cn3cnnn3)s2)cc1OC. The Bertz CT molecular complexity index is 850. The maximum Gasteiger partial charge on any atom is 0.248 e. The zero-order chi connectivity index (χ0) is 17.6. The number of ether oxygens (including phenoxy) is 2. The summed E-state index contributed by atoms with van der Waals surface area (Å²) in [7, 11) is 3.18. The maximum absolute atomic E-state index is 11.9. The lowest BCUT2D eigenvalue weighted by Crippen LogP contribution is -2.19. The predicted molar refractivity (Wildman–Crippen MR) is 88.7 cm³/mol. The van der Waals surface area contributed by atoms with E-state index in [1.807, 2.05) is 18.2 Å².